The maximum absolute atomic E-state index is 12.2. The van der Waals surface area contributed by atoms with E-state index >= 15 is 0 Å². The number of hydrogen-bond acceptors (Lipinski definition) is 4. The average molecular weight is 384 g/mol. The molecule has 2 aromatic heterocycles. The van der Waals surface area contributed by atoms with Crippen molar-refractivity contribution in [2.75, 3.05) is 11.9 Å². The molecule has 0 aromatic carbocycles. The van der Waals surface area contributed by atoms with Gasteiger partial charge in [-0.05, 0) is 42.0 Å². The van der Waals surface area contributed by atoms with Crippen LogP contribution in [-0.2, 0) is 6.54 Å². The normalized spacial score (nSPS) is 10.6. The summed E-state index contributed by atoms with van der Waals surface area (Å²) < 4.78 is 2.30. The molecule has 20 heavy (non-hydrogen) atoms. The first-order chi connectivity index (χ1) is 9.63. The molecule has 0 fully saturated rings. The van der Waals surface area contributed by atoms with Gasteiger partial charge in [-0.1, -0.05) is 13.0 Å². The van der Waals surface area contributed by atoms with E-state index in [2.05, 4.69) is 22.2 Å². The Morgan fingerprint density at radius 3 is 2.95 bits per heavy atom. The minimum atomic E-state index is -0.0107. The summed E-state index contributed by atoms with van der Waals surface area (Å²) in [5.74, 6) is 1.54. The second-order valence-corrected chi connectivity index (χ2v) is 5.64. The van der Waals surface area contributed by atoms with Crippen LogP contribution in [0, 0.1) is 10.5 Å². The number of anilines is 1. The second-order valence-electron chi connectivity index (χ2n) is 4.48. The number of aryl methyl sites for hydroxylation is 1. The van der Waals surface area contributed by atoms with Crippen LogP contribution in [0.3, 0.4) is 0 Å². The Bertz CT molecular complexity index is 654. The molecule has 5 nitrogen and oxygen atoms in total. The first-order valence-corrected chi connectivity index (χ1v) is 7.61. The van der Waals surface area contributed by atoms with Crippen molar-refractivity contribution in [3.8, 4) is 0 Å². The van der Waals surface area contributed by atoms with Crippen LogP contribution in [0.15, 0.2) is 29.3 Å². The summed E-state index contributed by atoms with van der Waals surface area (Å²) in [4.78, 5) is 20.8. The van der Waals surface area contributed by atoms with Crippen LogP contribution in [0.25, 0.3) is 0 Å². The quantitative estimate of drug-likeness (QED) is 0.805. The van der Waals surface area contributed by atoms with Gasteiger partial charge in [-0.15, -0.1) is 0 Å². The van der Waals surface area contributed by atoms with Crippen LogP contribution in [0.5, 0.6) is 0 Å². The summed E-state index contributed by atoms with van der Waals surface area (Å²) in [5, 5.41) is 3.29. The van der Waals surface area contributed by atoms with E-state index in [1.165, 1.54) is 0 Å². The molecule has 0 radical (unpaired) electrons. The lowest BCUT2D eigenvalue weighted by Gasteiger charge is -2.13. The van der Waals surface area contributed by atoms with Crippen molar-refractivity contribution >= 4 is 28.4 Å². The first-order valence-electron chi connectivity index (χ1n) is 6.53. The number of pyridine rings is 1. The van der Waals surface area contributed by atoms with E-state index in [9.17, 15) is 4.79 Å². The molecule has 2 rings (SSSR count). The maximum atomic E-state index is 12.2. The summed E-state index contributed by atoms with van der Waals surface area (Å²) in [6.07, 6.45) is 4.39. The minimum absolute atomic E-state index is 0.0107. The molecule has 0 atom stereocenters. The number of halogens is 1. The van der Waals surface area contributed by atoms with Crippen LogP contribution < -0.4 is 10.9 Å². The van der Waals surface area contributed by atoms with Gasteiger partial charge < -0.3 is 5.32 Å². The van der Waals surface area contributed by atoms with Crippen LogP contribution in [0.1, 0.15) is 24.7 Å². The summed E-state index contributed by atoms with van der Waals surface area (Å²) in [5.41, 5.74) is 0.985. The Labute approximate surface area is 131 Å². The molecular formula is C14H17IN4O. The summed E-state index contributed by atoms with van der Waals surface area (Å²) >= 11 is 2.01. The number of nitrogens with zero attached hydrogens (tertiary/aromatic N) is 3. The molecule has 0 saturated carbocycles. The van der Waals surface area contributed by atoms with Gasteiger partial charge in [0.1, 0.15) is 11.6 Å². The van der Waals surface area contributed by atoms with Crippen molar-refractivity contribution in [3.63, 3.8) is 0 Å². The predicted octanol–water partition coefficient (Wildman–Crippen LogP) is 2.42. The van der Waals surface area contributed by atoms with E-state index in [4.69, 9.17) is 0 Å². The minimum Gasteiger partial charge on any atom is -0.370 e. The average Bonchev–Trinajstić information content (AvgIpc) is 2.46. The zero-order valence-electron chi connectivity index (χ0n) is 11.6. The van der Waals surface area contributed by atoms with E-state index in [1.54, 1.807) is 17.0 Å². The van der Waals surface area contributed by atoms with Gasteiger partial charge in [0.15, 0.2) is 0 Å². The third kappa shape index (κ3) is 3.36. The highest BCUT2D eigenvalue weighted by Crippen LogP contribution is 2.13. The Balaban J connectivity index is 2.35. The zero-order valence-corrected chi connectivity index (χ0v) is 13.7. The highest BCUT2D eigenvalue weighted by molar-refractivity contribution is 14.1. The number of nitrogens with one attached hydrogen (secondary N) is 1. The van der Waals surface area contributed by atoms with Gasteiger partial charge in [-0.25, -0.2) is 9.97 Å². The fourth-order valence-electron chi connectivity index (χ4n) is 1.88. The fourth-order valence-corrected chi connectivity index (χ4v) is 2.31. The molecule has 0 bridgehead atoms. The van der Waals surface area contributed by atoms with Gasteiger partial charge >= 0.3 is 0 Å². The van der Waals surface area contributed by atoms with E-state index < -0.39 is 0 Å². The SMILES string of the molecule is CCCNc1ncccc1Cn1c(C)ncc(I)c1=O. The highest BCUT2D eigenvalue weighted by Gasteiger charge is 2.09. The molecule has 0 aliphatic rings. The lowest BCUT2D eigenvalue weighted by molar-refractivity contribution is 0.693. The third-order valence-corrected chi connectivity index (χ3v) is 3.71. The van der Waals surface area contributed by atoms with Gasteiger partial charge in [0.05, 0.1) is 10.1 Å². The maximum Gasteiger partial charge on any atom is 0.267 e. The molecule has 2 aromatic rings. The number of hydrogen-bond donors (Lipinski definition) is 1. The molecule has 106 valence electrons. The van der Waals surface area contributed by atoms with Crippen molar-refractivity contribution in [2.24, 2.45) is 0 Å². The summed E-state index contributed by atoms with van der Waals surface area (Å²) in [7, 11) is 0. The Morgan fingerprint density at radius 2 is 2.20 bits per heavy atom. The van der Waals surface area contributed by atoms with Crippen LogP contribution in [-0.4, -0.2) is 21.1 Å². The lowest BCUT2D eigenvalue weighted by atomic mass is 10.2. The Morgan fingerprint density at radius 1 is 1.40 bits per heavy atom. The van der Waals surface area contributed by atoms with Crippen molar-refractivity contribution in [1.29, 1.82) is 0 Å². The second kappa shape index (κ2) is 6.83. The third-order valence-electron chi connectivity index (χ3n) is 2.97. The Hall–Kier alpha value is -1.44. The van der Waals surface area contributed by atoms with E-state index in [1.807, 2.05) is 41.6 Å². The van der Waals surface area contributed by atoms with Gasteiger partial charge in [-0.3, -0.25) is 9.36 Å². The fraction of sp³-hybridized carbons (Fsp3) is 0.357. The van der Waals surface area contributed by atoms with Crippen LogP contribution in [0.2, 0.25) is 0 Å². The van der Waals surface area contributed by atoms with Crippen LogP contribution in [0.4, 0.5) is 5.82 Å². The van der Waals surface area contributed by atoms with E-state index in [-0.39, 0.29) is 5.56 Å². The highest BCUT2D eigenvalue weighted by atomic mass is 127. The largest absolute Gasteiger partial charge is 0.370 e. The van der Waals surface area contributed by atoms with E-state index in [0.717, 1.165) is 24.3 Å². The molecule has 0 saturated heterocycles. The molecule has 6 heteroatoms. The molecule has 0 unspecified atom stereocenters. The molecule has 0 amide bonds. The zero-order chi connectivity index (χ0) is 14.5. The smallest absolute Gasteiger partial charge is 0.267 e. The summed E-state index contributed by atoms with van der Waals surface area (Å²) in [6.45, 7) is 5.29. The lowest BCUT2D eigenvalue weighted by Crippen LogP contribution is -2.26. The monoisotopic (exact) mass is 384 g/mol. The standard InChI is InChI=1S/C14H17IN4O/c1-3-6-16-13-11(5-4-7-17-13)9-19-10(2)18-8-12(15)14(19)20/h4-5,7-8H,3,6,9H2,1-2H3,(H,16,17). The number of aromatic nitrogens is 3. The number of rotatable bonds is 5. The van der Waals surface area contributed by atoms with Crippen molar-refractivity contribution in [3.05, 3.63) is 49.8 Å². The van der Waals surface area contributed by atoms with Crippen molar-refractivity contribution in [1.82, 2.24) is 14.5 Å². The molecule has 2 heterocycles. The topological polar surface area (TPSA) is 59.8 Å². The summed E-state index contributed by atoms with van der Waals surface area (Å²) in [6, 6.07) is 3.87. The first kappa shape index (κ1) is 15.0. The molecular weight excluding hydrogens is 367 g/mol. The van der Waals surface area contributed by atoms with Crippen LogP contribution >= 0.6 is 22.6 Å². The molecule has 0 aliphatic heterocycles. The van der Waals surface area contributed by atoms with Gasteiger partial charge in [0.25, 0.3) is 5.56 Å². The molecule has 1 N–H and O–H groups in total. The van der Waals surface area contributed by atoms with Gasteiger partial charge in [0, 0.05) is 24.5 Å². The predicted molar refractivity (Wildman–Crippen MR) is 88.1 cm³/mol. The van der Waals surface area contributed by atoms with Crippen molar-refractivity contribution < 1.29 is 0 Å². The molecule has 0 spiro atoms. The van der Waals surface area contributed by atoms with E-state index in [0.29, 0.717) is 15.9 Å². The van der Waals surface area contributed by atoms with Crippen molar-refractivity contribution in [2.45, 2.75) is 26.8 Å². The van der Waals surface area contributed by atoms with Gasteiger partial charge in [-0.2, -0.15) is 0 Å². The Kier molecular flexibility index (Phi) is 5.11. The van der Waals surface area contributed by atoms with Gasteiger partial charge in [0.2, 0.25) is 0 Å². The molecule has 0 aliphatic carbocycles.